The van der Waals surface area contributed by atoms with Crippen molar-refractivity contribution in [3.05, 3.63) is 0 Å². The van der Waals surface area contributed by atoms with E-state index in [1.807, 2.05) is 6.92 Å². The average molecular weight is 199 g/mol. The first-order chi connectivity index (χ1) is 6.17. The Morgan fingerprint density at radius 3 is 1.64 bits per heavy atom. The van der Waals surface area contributed by atoms with E-state index < -0.39 is 0 Å². The molecule has 0 aromatic heterocycles. The fraction of sp³-hybridized carbons (Fsp3) is 1.00. The van der Waals surface area contributed by atoms with E-state index in [4.69, 9.17) is 15.0 Å². The minimum absolute atomic E-state index is 0.0877. The highest BCUT2D eigenvalue weighted by molar-refractivity contribution is 6.47. The Bertz CT molecular complexity index is 200. The highest BCUT2D eigenvalue weighted by atomic mass is 16.7. The van der Waals surface area contributed by atoms with Crippen molar-refractivity contribution in [3.8, 4) is 0 Å². The van der Waals surface area contributed by atoms with Crippen molar-refractivity contribution in [1.82, 2.24) is 0 Å². The zero-order chi connectivity index (χ0) is 11.1. The summed E-state index contributed by atoms with van der Waals surface area (Å²) in [7, 11) is -0.181. The van der Waals surface area contributed by atoms with E-state index in [9.17, 15) is 0 Å². The Labute approximate surface area is 87.5 Å². The molecule has 1 heterocycles. The van der Waals surface area contributed by atoms with Crippen LogP contribution >= 0.6 is 0 Å². The smallest absolute Gasteiger partial charge is 0.403 e. The molecule has 0 spiro atoms. The van der Waals surface area contributed by atoms with Gasteiger partial charge >= 0.3 is 7.12 Å². The SMILES string of the molecule is CC(B1OC(C)(C)C(C)(C)O1)[C@@H](C)N. The summed E-state index contributed by atoms with van der Waals surface area (Å²) >= 11 is 0. The van der Waals surface area contributed by atoms with Crippen LogP contribution in [0.4, 0.5) is 0 Å². The molecule has 0 aromatic rings. The normalized spacial score (nSPS) is 28.9. The lowest BCUT2D eigenvalue weighted by molar-refractivity contribution is 0.00578. The Hall–Kier alpha value is -0.0551. The first-order valence-corrected chi connectivity index (χ1v) is 5.28. The summed E-state index contributed by atoms with van der Waals surface area (Å²) in [5.74, 6) is 0.219. The topological polar surface area (TPSA) is 44.5 Å². The van der Waals surface area contributed by atoms with Crippen LogP contribution in [0.1, 0.15) is 41.5 Å². The Kier molecular flexibility index (Phi) is 3.01. The van der Waals surface area contributed by atoms with Crippen molar-refractivity contribution >= 4 is 7.12 Å². The van der Waals surface area contributed by atoms with Gasteiger partial charge in [-0.05, 0) is 27.7 Å². The van der Waals surface area contributed by atoms with Crippen LogP contribution in [0.15, 0.2) is 0 Å². The molecule has 1 unspecified atom stereocenters. The summed E-state index contributed by atoms with van der Waals surface area (Å²) in [6.45, 7) is 12.3. The maximum absolute atomic E-state index is 5.88. The third kappa shape index (κ3) is 1.97. The minimum atomic E-state index is -0.249. The summed E-state index contributed by atoms with van der Waals surface area (Å²) in [5, 5.41) is 0. The Morgan fingerprint density at radius 2 is 1.36 bits per heavy atom. The van der Waals surface area contributed by atoms with Gasteiger partial charge in [-0.2, -0.15) is 0 Å². The molecule has 0 aliphatic carbocycles. The highest BCUT2D eigenvalue weighted by Crippen LogP contribution is 2.40. The van der Waals surface area contributed by atoms with Crippen molar-refractivity contribution in [3.63, 3.8) is 0 Å². The van der Waals surface area contributed by atoms with Crippen LogP contribution in [0.5, 0.6) is 0 Å². The predicted molar refractivity (Wildman–Crippen MR) is 59.2 cm³/mol. The molecular weight excluding hydrogens is 177 g/mol. The Morgan fingerprint density at radius 1 is 1.00 bits per heavy atom. The summed E-state index contributed by atoms with van der Waals surface area (Å²) < 4.78 is 11.8. The quantitative estimate of drug-likeness (QED) is 0.690. The fourth-order valence-electron chi connectivity index (χ4n) is 1.35. The van der Waals surface area contributed by atoms with E-state index in [-0.39, 0.29) is 30.2 Å². The van der Waals surface area contributed by atoms with Crippen molar-refractivity contribution in [2.24, 2.45) is 5.73 Å². The van der Waals surface area contributed by atoms with E-state index in [1.165, 1.54) is 0 Å². The molecule has 4 heteroatoms. The molecule has 0 radical (unpaired) electrons. The van der Waals surface area contributed by atoms with E-state index >= 15 is 0 Å². The summed E-state index contributed by atoms with van der Waals surface area (Å²) in [5.41, 5.74) is 5.33. The minimum Gasteiger partial charge on any atom is -0.403 e. The lowest BCUT2D eigenvalue weighted by Crippen LogP contribution is -2.41. The molecule has 82 valence electrons. The van der Waals surface area contributed by atoms with E-state index in [1.54, 1.807) is 0 Å². The zero-order valence-corrected chi connectivity index (χ0v) is 10.1. The molecule has 1 rings (SSSR count). The van der Waals surface area contributed by atoms with Gasteiger partial charge in [0.05, 0.1) is 11.2 Å². The molecule has 2 N–H and O–H groups in total. The molecule has 0 aromatic carbocycles. The largest absolute Gasteiger partial charge is 0.462 e. The van der Waals surface area contributed by atoms with Gasteiger partial charge in [0.1, 0.15) is 0 Å². The monoisotopic (exact) mass is 199 g/mol. The van der Waals surface area contributed by atoms with Gasteiger partial charge in [-0.1, -0.05) is 13.8 Å². The second kappa shape index (κ2) is 3.51. The molecule has 14 heavy (non-hydrogen) atoms. The lowest BCUT2D eigenvalue weighted by Gasteiger charge is -2.32. The molecule has 3 nitrogen and oxygen atoms in total. The summed E-state index contributed by atoms with van der Waals surface area (Å²) in [6.07, 6.45) is 0. The first kappa shape index (κ1) is 12.0. The van der Waals surface area contributed by atoms with Crippen LogP contribution in [0.2, 0.25) is 5.82 Å². The van der Waals surface area contributed by atoms with E-state index in [0.717, 1.165) is 0 Å². The maximum Gasteiger partial charge on any atom is 0.462 e. The van der Waals surface area contributed by atoms with Crippen molar-refractivity contribution in [2.75, 3.05) is 0 Å². The lowest BCUT2D eigenvalue weighted by atomic mass is 9.69. The third-order valence-corrected chi connectivity index (χ3v) is 3.53. The molecule has 2 atom stereocenters. The van der Waals surface area contributed by atoms with Gasteiger partial charge in [0, 0.05) is 11.9 Å². The van der Waals surface area contributed by atoms with Crippen LogP contribution < -0.4 is 5.73 Å². The second-order valence-corrected chi connectivity index (χ2v) is 5.34. The molecule has 1 aliphatic rings. The predicted octanol–water partition coefficient (Wildman–Crippen LogP) is 1.82. The van der Waals surface area contributed by atoms with Crippen molar-refractivity contribution < 1.29 is 9.31 Å². The summed E-state index contributed by atoms with van der Waals surface area (Å²) in [4.78, 5) is 0. The fourth-order valence-corrected chi connectivity index (χ4v) is 1.35. The number of hydrogen-bond donors (Lipinski definition) is 1. The number of hydrogen-bond acceptors (Lipinski definition) is 3. The molecule has 0 saturated carbocycles. The summed E-state index contributed by atoms with van der Waals surface area (Å²) in [6, 6.07) is 0.0877. The van der Waals surface area contributed by atoms with Crippen LogP contribution in [-0.2, 0) is 9.31 Å². The van der Waals surface area contributed by atoms with Gasteiger partial charge < -0.3 is 15.0 Å². The zero-order valence-electron chi connectivity index (χ0n) is 10.1. The average Bonchev–Trinajstić information content (AvgIpc) is 2.20. The highest BCUT2D eigenvalue weighted by Gasteiger charge is 2.53. The van der Waals surface area contributed by atoms with Crippen LogP contribution in [-0.4, -0.2) is 24.4 Å². The second-order valence-electron chi connectivity index (χ2n) is 5.34. The van der Waals surface area contributed by atoms with Crippen LogP contribution in [0.25, 0.3) is 0 Å². The van der Waals surface area contributed by atoms with E-state index in [2.05, 4.69) is 34.6 Å². The first-order valence-electron chi connectivity index (χ1n) is 5.28. The molecule has 1 saturated heterocycles. The van der Waals surface area contributed by atoms with Crippen LogP contribution in [0, 0.1) is 0 Å². The van der Waals surface area contributed by atoms with Gasteiger partial charge in [0.2, 0.25) is 0 Å². The van der Waals surface area contributed by atoms with Crippen molar-refractivity contribution in [2.45, 2.75) is 64.6 Å². The van der Waals surface area contributed by atoms with Gasteiger partial charge in [-0.15, -0.1) is 0 Å². The van der Waals surface area contributed by atoms with Gasteiger partial charge in [0.15, 0.2) is 0 Å². The standard InChI is InChI=1S/C10H22BNO2/c1-7(8(2)12)11-13-9(3,4)10(5,6)14-11/h7-8H,12H2,1-6H3/t7?,8-/m1/s1. The molecule has 1 fully saturated rings. The number of rotatable bonds is 2. The molecule has 1 aliphatic heterocycles. The maximum atomic E-state index is 5.88. The molecule has 0 bridgehead atoms. The molecular formula is C10H22BNO2. The van der Waals surface area contributed by atoms with E-state index in [0.29, 0.717) is 0 Å². The third-order valence-electron chi connectivity index (χ3n) is 3.53. The van der Waals surface area contributed by atoms with Gasteiger partial charge in [0.25, 0.3) is 0 Å². The molecule has 0 amide bonds. The van der Waals surface area contributed by atoms with Crippen LogP contribution in [0.3, 0.4) is 0 Å². The van der Waals surface area contributed by atoms with Crippen molar-refractivity contribution in [1.29, 1.82) is 0 Å². The van der Waals surface area contributed by atoms with Gasteiger partial charge in [-0.25, -0.2) is 0 Å². The Balaban J connectivity index is 2.73. The number of nitrogens with two attached hydrogens (primary N) is 1. The van der Waals surface area contributed by atoms with Gasteiger partial charge in [-0.3, -0.25) is 0 Å².